The molecule has 2 aliphatic carbocycles. The van der Waals surface area contributed by atoms with Crippen molar-refractivity contribution in [2.24, 2.45) is 11.8 Å². The minimum Gasteiger partial charge on any atom is -0.298 e. The van der Waals surface area contributed by atoms with E-state index in [4.69, 9.17) is 0 Å². The first kappa shape index (κ1) is 15.3. The molecule has 0 spiro atoms. The highest BCUT2D eigenvalue weighted by Crippen LogP contribution is 2.39. The zero-order valence-electron chi connectivity index (χ0n) is 13.9. The molecule has 1 fully saturated rings. The summed E-state index contributed by atoms with van der Waals surface area (Å²) in [6.07, 6.45) is 14.0. The molecular weight excluding hydrogens is 294 g/mol. The number of benzene rings is 1. The third kappa shape index (κ3) is 3.07. The topological polar surface area (TPSA) is 20.3 Å². The molecule has 1 aliphatic heterocycles. The Morgan fingerprint density at radius 2 is 1.75 bits per heavy atom. The van der Waals surface area contributed by atoms with E-state index >= 15 is 0 Å². The number of nitrogens with zero attached hydrogens (tertiary/aromatic N) is 1. The number of fused-ring (bicyclic) bond motifs is 2. The number of Topliss-reactive ketones (excluding diaryl/α,β-unsaturated/α-hetero) is 1. The number of ketones is 1. The van der Waals surface area contributed by atoms with Gasteiger partial charge in [-0.05, 0) is 23.5 Å². The maximum absolute atomic E-state index is 12.5. The standard InChI is InChI=1S/C22H23NO/c24-22-13-12-18-15-23(14-17-8-4-3-5-9-17)16-21(18)19-10-6-1-2-7-11-20(19)22/h1-11,18,21H,12-16H2/b2-1-,6-1?,7-2?,10-6-,11-7-,19-10?,20-11?. The molecule has 2 nitrogen and oxygen atoms in total. The minimum atomic E-state index is 0.310. The maximum atomic E-state index is 12.5. The van der Waals surface area contributed by atoms with Gasteiger partial charge in [-0.15, -0.1) is 0 Å². The van der Waals surface area contributed by atoms with Gasteiger partial charge in [0.1, 0.15) is 0 Å². The van der Waals surface area contributed by atoms with Gasteiger partial charge in [-0.1, -0.05) is 66.8 Å². The molecule has 24 heavy (non-hydrogen) atoms. The Morgan fingerprint density at radius 1 is 0.958 bits per heavy atom. The Hall–Kier alpha value is -2.19. The molecule has 2 atom stereocenters. The molecule has 0 saturated carbocycles. The van der Waals surface area contributed by atoms with Crippen LogP contribution in [0.5, 0.6) is 0 Å². The number of hydrogen-bond acceptors (Lipinski definition) is 2. The van der Waals surface area contributed by atoms with Crippen molar-refractivity contribution in [2.75, 3.05) is 13.1 Å². The predicted molar refractivity (Wildman–Crippen MR) is 97.4 cm³/mol. The normalized spacial score (nSPS) is 30.8. The van der Waals surface area contributed by atoms with Crippen molar-refractivity contribution >= 4 is 5.78 Å². The molecule has 2 heteroatoms. The van der Waals surface area contributed by atoms with Gasteiger partial charge in [0.15, 0.2) is 5.78 Å². The second-order valence-corrected chi connectivity index (χ2v) is 6.98. The Balaban J connectivity index is 1.60. The van der Waals surface area contributed by atoms with Gasteiger partial charge in [-0.3, -0.25) is 9.69 Å². The molecule has 1 aromatic carbocycles. The van der Waals surface area contributed by atoms with E-state index in [0.717, 1.165) is 31.6 Å². The van der Waals surface area contributed by atoms with Crippen LogP contribution >= 0.6 is 0 Å². The summed E-state index contributed by atoms with van der Waals surface area (Å²) < 4.78 is 0. The van der Waals surface area contributed by atoms with Gasteiger partial charge in [0.2, 0.25) is 0 Å². The molecule has 0 N–H and O–H groups in total. The summed E-state index contributed by atoms with van der Waals surface area (Å²) in [5, 5.41) is 0. The second kappa shape index (κ2) is 6.74. The smallest absolute Gasteiger partial charge is 0.163 e. The highest BCUT2D eigenvalue weighted by Gasteiger charge is 2.38. The van der Waals surface area contributed by atoms with Crippen LogP contribution in [0.2, 0.25) is 0 Å². The first-order valence-corrected chi connectivity index (χ1v) is 8.86. The molecule has 1 heterocycles. The van der Waals surface area contributed by atoms with Crippen molar-refractivity contribution in [3.63, 3.8) is 0 Å². The van der Waals surface area contributed by atoms with Crippen molar-refractivity contribution in [1.29, 1.82) is 0 Å². The van der Waals surface area contributed by atoms with Crippen molar-refractivity contribution in [3.05, 3.63) is 83.5 Å². The van der Waals surface area contributed by atoms with Gasteiger partial charge < -0.3 is 0 Å². The lowest BCUT2D eigenvalue weighted by Gasteiger charge is -2.18. The van der Waals surface area contributed by atoms with Crippen LogP contribution in [0.25, 0.3) is 0 Å². The summed E-state index contributed by atoms with van der Waals surface area (Å²) in [7, 11) is 0. The van der Waals surface area contributed by atoms with Crippen LogP contribution in [0, 0.1) is 11.8 Å². The monoisotopic (exact) mass is 317 g/mol. The Bertz CT molecular complexity index is 738. The lowest BCUT2D eigenvalue weighted by molar-refractivity contribution is -0.115. The first-order valence-electron chi connectivity index (χ1n) is 8.86. The summed E-state index contributed by atoms with van der Waals surface area (Å²) >= 11 is 0. The molecule has 3 aliphatic rings. The first-order chi connectivity index (χ1) is 11.8. The van der Waals surface area contributed by atoms with E-state index in [-0.39, 0.29) is 0 Å². The summed E-state index contributed by atoms with van der Waals surface area (Å²) in [5.74, 6) is 1.37. The van der Waals surface area contributed by atoms with Crippen molar-refractivity contribution in [3.8, 4) is 0 Å². The van der Waals surface area contributed by atoms with Crippen LogP contribution in [0.1, 0.15) is 18.4 Å². The highest BCUT2D eigenvalue weighted by atomic mass is 16.1. The van der Waals surface area contributed by atoms with E-state index in [1.807, 2.05) is 24.3 Å². The van der Waals surface area contributed by atoms with Gasteiger partial charge in [0.05, 0.1) is 0 Å². The number of carbonyl (C=O) groups is 1. The summed E-state index contributed by atoms with van der Waals surface area (Å²) in [4.78, 5) is 15.1. The lowest BCUT2D eigenvalue weighted by Crippen LogP contribution is -2.21. The van der Waals surface area contributed by atoms with Gasteiger partial charge in [0, 0.05) is 37.5 Å². The third-order valence-electron chi connectivity index (χ3n) is 5.39. The predicted octanol–water partition coefficient (Wildman–Crippen LogP) is 4.08. The van der Waals surface area contributed by atoms with Gasteiger partial charge in [-0.2, -0.15) is 0 Å². The van der Waals surface area contributed by atoms with E-state index in [1.54, 1.807) is 0 Å². The summed E-state index contributed by atoms with van der Waals surface area (Å²) in [6.45, 7) is 3.15. The quantitative estimate of drug-likeness (QED) is 0.819. The molecule has 0 aromatic heterocycles. The lowest BCUT2D eigenvalue weighted by atomic mass is 9.86. The van der Waals surface area contributed by atoms with Gasteiger partial charge in [-0.25, -0.2) is 0 Å². The van der Waals surface area contributed by atoms with Crippen molar-refractivity contribution < 1.29 is 4.79 Å². The van der Waals surface area contributed by atoms with Crippen LogP contribution in [-0.2, 0) is 11.3 Å². The fourth-order valence-electron chi connectivity index (χ4n) is 4.23. The molecule has 0 radical (unpaired) electrons. The number of hydrogen-bond donors (Lipinski definition) is 0. The number of carbonyl (C=O) groups excluding carboxylic acids is 1. The largest absolute Gasteiger partial charge is 0.298 e. The second-order valence-electron chi connectivity index (χ2n) is 6.98. The molecule has 4 rings (SSSR count). The van der Waals surface area contributed by atoms with Crippen LogP contribution in [0.3, 0.4) is 0 Å². The van der Waals surface area contributed by atoms with E-state index < -0.39 is 0 Å². The van der Waals surface area contributed by atoms with E-state index in [2.05, 4.69) is 47.4 Å². The molecule has 0 bridgehead atoms. The number of rotatable bonds is 2. The Labute approximate surface area is 143 Å². The SMILES string of the molecule is O=C1CCC2CN(Cc3ccccc3)CC2C2=C1\C=C/C=C\C=C/2. The van der Waals surface area contributed by atoms with Gasteiger partial charge in [0.25, 0.3) is 0 Å². The molecule has 1 saturated heterocycles. The Kier molecular flexibility index (Phi) is 4.31. The molecule has 2 unspecified atom stereocenters. The van der Waals surface area contributed by atoms with E-state index in [0.29, 0.717) is 24.0 Å². The summed E-state index contributed by atoms with van der Waals surface area (Å²) in [5.41, 5.74) is 3.55. The molecule has 0 amide bonds. The minimum absolute atomic E-state index is 0.310. The van der Waals surface area contributed by atoms with Crippen LogP contribution in [0.15, 0.2) is 77.9 Å². The third-order valence-corrected chi connectivity index (χ3v) is 5.39. The van der Waals surface area contributed by atoms with Crippen LogP contribution in [0.4, 0.5) is 0 Å². The average molecular weight is 317 g/mol. The number of likely N-dealkylation sites (tertiary alicyclic amines) is 1. The Morgan fingerprint density at radius 3 is 2.58 bits per heavy atom. The molecule has 122 valence electrons. The molecule has 1 aromatic rings. The van der Waals surface area contributed by atoms with Crippen LogP contribution in [-0.4, -0.2) is 23.8 Å². The van der Waals surface area contributed by atoms with Crippen molar-refractivity contribution in [1.82, 2.24) is 4.90 Å². The van der Waals surface area contributed by atoms with Crippen molar-refractivity contribution in [2.45, 2.75) is 19.4 Å². The zero-order chi connectivity index (χ0) is 16.4. The zero-order valence-corrected chi connectivity index (χ0v) is 13.9. The van der Waals surface area contributed by atoms with E-state index in [9.17, 15) is 4.79 Å². The fraction of sp³-hybridized carbons (Fsp3) is 0.318. The molecular formula is C22H23NO. The fourth-order valence-corrected chi connectivity index (χ4v) is 4.23. The van der Waals surface area contributed by atoms with Gasteiger partial charge >= 0.3 is 0 Å². The van der Waals surface area contributed by atoms with Crippen LogP contribution < -0.4 is 0 Å². The average Bonchev–Trinajstić information content (AvgIpc) is 2.91. The maximum Gasteiger partial charge on any atom is 0.163 e. The highest BCUT2D eigenvalue weighted by molar-refractivity contribution is 5.99. The van der Waals surface area contributed by atoms with E-state index in [1.165, 1.54) is 11.1 Å². The number of allylic oxidation sites excluding steroid dienone is 7. The summed E-state index contributed by atoms with van der Waals surface area (Å²) in [6, 6.07) is 10.7.